The van der Waals surface area contributed by atoms with Crippen molar-refractivity contribution in [2.45, 2.75) is 283 Å². The van der Waals surface area contributed by atoms with Crippen LogP contribution in [0.4, 0.5) is 0 Å². The van der Waals surface area contributed by atoms with Gasteiger partial charge in [-0.3, -0.25) is 13.8 Å². The second-order valence-corrected chi connectivity index (χ2v) is 21.8. The molecule has 380 valence electrons. The zero-order chi connectivity index (χ0) is 47.1. The molecule has 0 fully saturated rings. The van der Waals surface area contributed by atoms with Crippen LogP contribution in [0, 0.1) is 0 Å². The lowest BCUT2D eigenvalue weighted by Gasteiger charge is -2.26. The summed E-state index contributed by atoms with van der Waals surface area (Å²) in [5.74, 6) is -0.146. The number of allylic oxidation sites excluding steroid dienone is 4. The molecule has 0 aliphatic heterocycles. The summed E-state index contributed by atoms with van der Waals surface area (Å²) >= 11 is 0. The Morgan fingerprint density at radius 1 is 0.531 bits per heavy atom. The van der Waals surface area contributed by atoms with Gasteiger partial charge >= 0.3 is 7.82 Å². The van der Waals surface area contributed by atoms with Crippen molar-refractivity contribution in [3.8, 4) is 0 Å². The van der Waals surface area contributed by atoms with E-state index in [1.54, 1.807) is 0 Å². The van der Waals surface area contributed by atoms with Crippen LogP contribution in [-0.2, 0) is 18.4 Å². The van der Waals surface area contributed by atoms with E-state index in [-0.39, 0.29) is 19.1 Å². The van der Waals surface area contributed by atoms with Gasteiger partial charge in [-0.15, -0.1) is 0 Å². The van der Waals surface area contributed by atoms with Gasteiger partial charge in [-0.2, -0.15) is 0 Å². The first-order valence-corrected chi connectivity index (χ1v) is 29.2. The summed E-state index contributed by atoms with van der Waals surface area (Å²) in [4.78, 5) is 23.3. The Morgan fingerprint density at radius 2 is 0.891 bits per heavy atom. The van der Waals surface area contributed by atoms with E-state index in [2.05, 4.69) is 43.5 Å². The third-order valence-electron chi connectivity index (χ3n) is 12.7. The van der Waals surface area contributed by atoms with Crippen molar-refractivity contribution < 1.29 is 32.9 Å². The van der Waals surface area contributed by atoms with E-state index in [1.807, 2.05) is 21.1 Å². The third kappa shape index (κ3) is 48.9. The van der Waals surface area contributed by atoms with Crippen molar-refractivity contribution in [3.05, 3.63) is 24.3 Å². The van der Waals surface area contributed by atoms with Crippen molar-refractivity contribution >= 4 is 13.7 Å². The average molecular weight is 926 g/mol. The van der Waals surface area contributed by atoms with E-state index < -0.39 is 20.0 Å². The summed E-state index contributed by atoms with van der Waals surface area (Å²) < 4.78 is 23.8. The number of hydrogen-bond donors (Lipinski definition) is 3. The normalized spacial score (nSPS) is 14.2. The van der Waals surface area contributed by atoms with Crippen LogP contribution in [0.15, 0.2) is 24.3 Å². The number of phosphoric ester groups is 1. The molecular formula is C55H110N2O6P+. The Balaban J connectivity index is 4.19. The second kappa shape index (κ2) is 47.1. The summed E-state index contributed by atoms with van der Waals surface area (Å²) in [5, 5.41) is 14.1. The number of likely N-dealkylation sites (N-methyl/N-ethyl adjacent to an activating group) is 1. The molecule has 0 aromatic carbocycles. The molecular weight excluding hydrogens is 816 g/mol. The predicted octanol–water partition coefficient (Wildman–Crippen LogP) is 16.4. The Bertz CT molecular complexity index is 1090. The molecule has 9 heteroatoms. The Labute approximate surface area is 398 Å². The molecule has 0 rings (SSSR count). The fourth-order valence-corrected chi connectivity index (χ4v) is 9.05. The Kier molecular flexibility index (Phi) is 46.3. The number of carbonyl (C=O) groups excluding carboxylic acids is 1. The number of hydrogen-bond acceptors (Lipinski definition) is 5. The molecule has 0 spiro atoms. The maximum absolute atomic E-state index is 13.0. The molecule has 0 radical (unpaired) electrons. The Hall–Kier alpha value is -1.02. The van der Waals surface area contributed by atoms with E-state index in [4.69, 9.17) is 9.05 Å². The second-order valence-electron chi connectivity index (χ2n) is 20.3. The number of rotatable bonds is 51. The molecule has 0 aromatic heterocycles. The van der Waals surface area contributed by atoms with E-state index in [1.165, 1.54) is 199 Å². The molecule has 3 unspecified atom stereocenters. The largest absolute Gasteiger partial charge is 0.472 e. The lowest BCUT2D eigenvalue weighted by atomic mass is 10.0. The zero-order valence-electron chi connectivity index (χ0n) is 43.3. The number of nitrogens with zero attached hydrogens (tertiary/aromatic N) is 1. The van der Waals surface area contributed by atoms with Crippen molar-refractivity contribution in [3.63, 3.8) is 0 Å². The first kappa shape index (κ1) is 63.0. The number of aliphatic hydroxyl groups excluding tert-OH is 1. The molecule has 0 saturated carbocycles. The van der Waals surface area contributed by atoms with Gasteiger partial charge in [0.15, 0.2) is 0 Å². The molecule has 3 atom stereocenters. The van der Waals surface area contributed by atoms with Gasteiger partial charge in [0.2, 0.25) is 5.91 Å². The van der Waals surface area contributed by atoms with E-state index in [0.29, 0.717) is 23.9 Å². The van der Waals surface area contributed by atoms with Crippen molar-refractivity contribution in [1.29, 1.82) is 0 Å². The number of carbonyl (C=O) groups is 1. The van der Waals surface area contributed by atoms with Crippen LogP contribution in [0.2, 0.25) is 0 Å². The maximum Gasteiger partial charge on any atom is 0.472 e. The lowest BCUT2D eigenvalue weighted by Crippen LogP contribution is -2.46. The van der Waals surface area contributed by atoms with Gasteiger partial charge in [-0.25, -0.2) is 4.57 Å². The quantitative estimate of drug-likeness (QED) is 0.0243. The average Bonchev–Trinajstić information content (AvgIpc) is 3.25. The molecule has 1 amide bonds. The van der Waals surface area contributed by atoms with Crippen LogP contribution in [0.3, 0.4) is 0 Å². The van der Waals surface area contributed by atoms with Gasteiger partial charge in [-0.1, -0.05) is 244 Å². The lowest BCUT2D eigenvalue weighted by molar-refractivity contribution is -0.870. The van der Waals surface area contributed by atoms with E-state index in [9.17, 15) is 19.4 Å². The molecule has 0 heterocycles. The standard InChI is InChI=1S/C55H109N2O6P/c1-6-8-10-12-14-16-18-20-22-24-26-27-28-29-31-32-34-36-38-40-42-44-46-48-54(58)53(52-63-64(60,61)62-51-50-57(3,4)5)56-55(59)49-47-45-43-41-39-37-35-33-30-25-23-21-19-17-15-13-11-9-7-2/h15,17,21,23,53-54,58H,6-14,16,18-20,22,24-52H2,1-5H3,(H-,56,59,60,61)/p+1/b17-15-,23-21-. The highest BCUT2D eigenvalue weighted by Gasteiger charge is 2.28. The van der Waals surface area contributed by atoms with E-state index >= 15 is 0 Å². The third-order valence-corrected chi connectivity index (χ3v) is 13.7. The van der Waals surface area contributed by atoms with Gasteiger partial charge in [0.1, 0.15) is 13.2 Å². The van der Waals surface area contributed by atoms with Crippen LogP contribution in [0.5, 0.6) is 0 Å². The number of unbranched alkanes of at least 4 members (excludes halogenated alkanes) is 34. The number of aliphatic hydroxyl groups is 1. The minimum Gasteiger partial charge on any atom is -0.391 e. The van der Waals surface area contributed by atoms with Crippen LogP contribution < -0.4 is 5.32 Å². The van der Waals surface area contributed by atoms with Gasteiger partial charge in [-0.05, 0) is 44.9 Å². The van der Waals surface area contributed by atoms with Gasteiger partial charge < -0.3 is 19.8 Å². The molecule has 0 bridgehead atoms. The summed E-state index contributed by atoms with van der Waals surface area (Å²) in [6.45, 7) is 4.89. The first-order valence-electron chi connectivity index (χ1n) is 27.7. The fourth-order valence-electron chi connectivity index (χ4n) is 8.31. The van der Waals surface area contributed by atoms with Crippen molar-refractivity contribution in [2.24, 2.45) is 0 Å². The van der Waals surface area contributed by atoms with Crippen LogP contribution in [0.1, 0.15) is 271 Å². The van der Waals surface area contributed by atoms with Gasteiger partial charge in [0.25, 0.3) is 0 Å². The predicted molar refractivity (Wildman–Crippen MR) is 277 cm³/mol. The number of phosphoric acid groups is 1. The summed E-state index contributed by atoms with van der Waals surface area (Å²) in [6, 6.07) is -0.762. The molecule has 3 N–H and O–H groups in total. The number of quaternary nitrogens is 1. The summed E-state index contributed by atoms with van der Waals surface area (Å²) in [6.07, 6.45) is 57.9. The van der Waals surface area contributed by atoms with Gasteiger partial charge in [0.05, 0.1) is 39.9 Å². The molecule has 0 aliphatic rings. The monoisotopic (exact) mass is 926 g/mol. The number of nitrogens with one attached hydrogen (secondary N) is 1. The highest BCUT2D eigenvalue weighted by molar-refractivity contribution is 7.47. The minimum atomic E-state index is -4.32. The molecule has 0 aliphatic carbocycles. The topological polar surface area (TPSA) is 105 Å². The number of amides is 1. The van der Waals surface area contributed by atoms with Crippen molar-refractivity contribution in [1.82, 2.24) is 5.32 Å². The van der Waals surface area contributed by atoms with Crippen molar-refractivity contribution in [2.75, 3.05) is 40.9 Å². The SMILES string of the molecule is CCCCC/C=C\C/C=C\CCCCCCCCCCCC(=O)NC(COP(=O)(O)OCC[N+](C)(C)C)C(O)CCCCCCCCCCCCCCCCCCCCCCCCC. The molecule has 64 heavy (non-hydrogen) atoms. The fraction of sp³-hybridized carbons (Fsp3) is 0.909. The molecule has 8 nitrogen and oxygen atoms in total. The highest BCUT2D eigenvalue weighted by Crippen LogP contribution is 2.43. The molecule has 0 aromatic rings. The van der Waals surface area contributed by atoms with Crippen LogP contribution in [0.25, 0.3) is 0 Å². The molecule has 0 saturated heterocycles. The van der Waals surface area contributed by atoms with E-state index in [0.717, 1.165) is 44.9 Å². The van der Waals surface area contributed by atoms with Crippen LogP contribution >= 0.6 is 7.82 Å². The highest BCUT2D eigenvalue weighted by atomic mass is 31.2. The minimum absolute atomic E-state index is 0.0749. The zero-order valence-corrected chi connectivity index (χ0v) is 44.2. The summed E-state index contributed by atoms with van der Waals surface area (Å²) in [7, 11) is 1.62. The smallest absolute Gasteiger partial charge is 0.391 e. The maximum atomic E-state index is 13.0. The summed E-state index contributed by atoms with van der Waals surface area (Å²) in [5.41, 5.74) is 0. The Morgan fingerprint density at radius 3 is 1.31 bits per heavy atom. The first-order chi connectivity index (χ1) is 31.0. The van der Waals surface area contributed by atoms with Crippen LogP contribution in [-0.4, -0.2) is 73.4 Å². The van der Waals surface area contributed by atoms with Gasteiger partial charge in [0, 0.05) is 6.42 Å².